The van der Waals surface area contributed by atoms with E-state index < -0.39 is 0 Å². The van der Waals surface area contributed by atoms with Gasteiger partial charge < -0.3 is 15.2 Å². The molecule has 1 aromatic carbocycles. The summed E-state index contributed by atoms with van der Waals surface area (Å²) in [5, 5.41) is 12.4. The number of benzene rings is 1. The number of hydrogen-bond acceptors (Lipinski definition) is 4. The molecule has 0 saturated carbocycles. The van der Waals surface area contributed by atoms with Crippen LogP contribution in [0.25, 0.3) is 0 Å². The molecule has 0 aliphatic carbocycles. The standard InChI is InChI=1S/C14H20N2O3/c1-11-2-3-12(10-13(11)17)14(18)15-4-5-16-6-8-19-9-7-16/h2-3,10,17H,4-9H2,1H3,(H,15,18). The van der Waals surface area contributed by atoms with E-state index in [-0.39, 0.29) is 11.7 Å². The Morgan fingerprint density at radius 3 is 2.84 bits per heavy atom. The van der Waals surface area contributed by atoms with Gasteiger partial charge in [-0.1, -0.05) is 6.07 Å². The van der Waals surface area contributed by atoms with Crippen LogP contribution in [0.3, 0.4) is 0 Å². The van der Waals surface area contributed by atoms with Gasteiger partial charge in [0.25, 0.3) is 5.91 Å². The highest BCUT2D eigenvalue weighted by atomic mass is 16.5. The van der Waals surface area contributed by atoms with Gasteiger partial charge in [0.05, 0.1) is 13.2 Å². The Morgan fingerprint density at radius 1 is 1.42 bits per heavy atom. The number of nitrogens with one attached hydrogen (secondary N) is 1. The molecule has 0 radical (unpaired) electrons. The summed E-state index contributed by atoms with van der Waals surface area (Å²) < 4.78 is 5.26. The maximum Gasteiger partial charge on any atom is 0.251 e. The molecule has 1 saturated heterocycles. The van der Waals surface area contributed by atoms with E-state index in [1.165, 1.54) is 6.07 Å². The lowest BCUT2D eigenvalue weighted by Crippen LogP contribution is -2.41. The van der Waals surface area contributed by atoms with Gasteiger partial charge in [0.15, 0.2) is 0 Å². The molecule has 0 bridgehead atoms. The van der Waals surface area contributed by atoms with Crippen molar-refractivity contribution in [1.82, 2.24) is 10.2 Å². The minimum Gasteiger partial charge on any atom is -0.508 e. The van der Waals surface area contributed by atoms with Crippen molar-refractivity contribution in [1.29, 1.82) is 0 Å². The van der Waals surface area contributed by atoms with Crippen LogP contribution in [0.5, 0.6) is 5.75 Å². The number of rotatable bonds is 4. The number of nitrogens with zero attached hydrogens (tertiary/aromatic N) is 1. The van der Waals surface area contributed by atoms with Crippen LogP contribution in [-0.2, 0) is 4.74 Å². The fraction of sp³-hybridized carbons (Fsp3) is 0.500. The number of phenols is 1. The third-order valence-corrected chi connectivity index (χ3v) is 3.29. The van der Waals surface area contributed by atoms with Gasteiger partial charge in [-0.2, -0.15) is 0 Å². The minimum absolute atomic E-state index is 0.149. The number of carbonyl (C=O) groups is 1. The summed E-state index contributed by atoms with van der Waals surface area (Å²) in [6.45, 7) is 6.60. The summed E-state index contributed by atoms with van der Waals surface area (Å²) in [5.41, 5.74) is 1.26. The number of phenolic OH excluding ortho intramolecular Hbond substituents is 1. The first kappa shape index (κ1) is 13.8. The number of aryl methyl sites for hydroxylation is 1. The van der Waals surface area contributed by atoms with Gasteiger partial charge in [0, 0.05) is 31.7 Å². The normalized spacial score (nSPS) is 16.3. The molecular formula is C14H20N2O3. The number of morpholine rings is 1. The maximum absolute atomic E-state index is 11.9. The Kier molecular flexibility index (Phi) is 4.76. The molecule has 104 valence electrons. The van der Waals surface area contributed by atoms with Crippen LogP contribution in [0, 0.1) is 6.92 Å². The molecule has 1 amide bonds. The average Bonchev–Trinajstić information content (AvgIpc) is 2.43. The van der Waals surface area contributed by atoms with Crippen molar-refractivity contribution in [2.24, 2.45) is 0 Å². The summed E-state index contributed by atoms with van der Waals surface area (Å²) in [6, 6.07) is 4.96. The summed E-state index contributed by atoms with van der Waals surface area (Å²) in [7, 11) is 0. The molecule has 1 aliphatic heterocycles. The van der Waals surface area contributed by atoms with Gasteiger partial charge in [-0.15, -0.1) is 0 Å². The van der Waals surface area contributed by atoms with Gasteiger partial charge >= 0.3 is 0 Å². The summed E-state index contributed by atoms with van der Waals surface area (Å²) >= 11 is 0. The molecule has 0 unspecified atom stereocenters. The summed E-state index contributed by atoms with van der Waals surface area (Å²) in [5.74, 6) is 0.00406. The van der Waals surface area contributed by atoms with Crippen LogP contribution in [0.1, 0.15) is 15.9 Å². The highest BCUT2D eigenvalue weighted by Crippen LogP contribution is 2.17. The quantitative estimate of drug-likeness (QED) is 0.843. The smallest absolute Gasteiger partial charge is 0.251 e. The Balaban J connectivity index is 1.78. The van der Waals surface area contributed by atoms with E-state index in [1.807, 2.05) is 0 Å². The molecule has 1 aliphatic rings. The molecule has 0 atom stereocenters. The monoisotopic (exact) mass is 264 g/mol. The number of amides is 1. The topological polar surface area (TPSA) is 61.8 Å². The molecule has 19 heavy (non-hydrogen) atoms. The van der Waals surface area contributed by atoms with Crippen molar-refractivity contribution in [2.75, 3.05) is 39.4 Å². The average molecular weight is 264 g/mol. The zero-order valence-electron chi connectivity index (χ0n) is 11.2. The van der Waals surface area contributed by atoms with Gasteiger partial charge in [-0.25, -0.2) is 0 Å². The summed E-state index contributed by atoms with van der Waals surface area (Å²) in [4.78, 5) is 14.1. The fourth-order valence-corrected chi connectivity index (χ4v) is 2.01. The van der Waals surface area contributed by atoms with E-state index in [4.69, 9.17) is 4.74 Å². The van der Waals surface area contributed by atoms with Gasteiger partial charge in [-0.05, 0) is 24.6 Å². The third-order valence-electron chi connectivity index (χ3n) is 3.29. The van der Waals surface area contributed by atoms with Crippen LogP contribution < -0.4 is 5.32 Å². The van der Waals surface area contributed by atoms with Gasteiger partial charge in [0.1, 0.15) is 5.75 Å². The highest BCUT2D eigenvalue weighted by molar-refractivity contribution is 5.94. The third kappa shape index (κ3) is 3.94. The first-order valence-electron chi connectivity index (χ1n) is 6.55. The zero-order valence-corrected chi connectivity index (χ0v) is 11.2. The van der Waals surface area contributed by atoms with E-state index in [2.05, 4.69) is 10.2 Å². The molecule has 0 spiro atoms. The van der Waals surface area contributed by atoms with Crippen LogP contribution in [0.15, 0.2) is 18.2 Å². The lowest BCUT2D eigenvalue weighted by molar-refractivity contribution is 0.0383. The number of ether oxygens (including phenoxy) is 1. The van der Waals surface area contributed by atoms with Crippen LogP contribution in [0.2, 0.25) is 0 Å². The SMILES string of the molecule is Cc1ccc(C(=O)NCCN2CCOCC2)cc1O. The Bertz CT molecular complexity index is 442. The van der Waals surface area contributed by atoms with Crippen molar-refractivity contribution in [3.05, 3.63) is 29.3 Å². The fourth-order valence-electron chi connectivity index (χ4n) is 2.01. The molecule has 5 nitrogen and oxygen atoms in total. The van der Waals surface area contributed by atoms with Crippen LogP contribution in [-0.4, -0.2) is 55.3 Å². The highest BCUT2D eigenvalue weighted by Gasteiger charge is 2.11. The number of carbonyl (C=O) groups excluding carboxylic acids is 1. The van der Waals surface area contributed by atoms with Crippen molar-refractivity contribution < 1.29 is 14.6 Å². The van der Waals surface area contributed by atoms with Crippen molar-refractivity contribution in [2.45, 2.75) is 6.92 Å². The largest absolute Gasteiger partial charge is 0.508 e. The second-order valence-corrected chi connectivity index (χ2v) is 4.71. The zero-order chi connectivity index (χ0) is 13.7. The summed E-state index contributed by atoms with van der Waals surface area (Å²) in [6.07, 6.45) is 0. The molecule has 2 rings (SSSR count). The second-order valence-electron chi connectivity index (χ2n) is 4.71. The van der Waals surface area contributed by atoms with Gasteiger partial charge in [0.2, 0.25) is 0 Å². The van der Waals surface area contributed by atoms with Crippen molar-refractivity contribution in [3.8, 4) is 5.75 Å². The lowest BCUT2D eigenvalue weighted by Gasteiger charge is -2.26. The van der Waals surface area contributed by atoms with Crippen molar-refractivity contribution >= 4 is 5.91 Å². The molecule has 2 N–H and O–H groups in total. The predicted molar refractivity (Wildman–Crippen MR) is 72.4 cm³/mol. The second kappa shape index (κ2) is 6.54. The molecule has 5 heteroatoms. The van der Waals surface area contributed by atoms with Crippen LogP contribution >= 0.6 is 0 Å². The first-order chi connectivity index (χ1) is 9.16. The predicted octanol–water partition coefficient (Wildman–Crippen LogP) is 0.763. The lowest BCUT2D eigenvalue weighted by atomic mass is 10.1. The maximum atomic E-state index is 11.9. The molecule has 1 aromatic rings. The van der Waals surface area contributed by atoms with E-state index in [0.29, 0.717) is 12.1 Å². The van der Waals surface area contributed by atoms with Crippen LogP contribution in [0.4, 0.5) is 0 Å². The number of hydrogen-bond donors (Lipinski definition) is 2. The number of aromatic hydroxyl groups is 1. The van der Waals surface area contributed by atoms with Gasteiger partial charge in [-0.3, -0.25) is 9.69 Å². The van der Waals surface area contributed by atoms with E-state index in [1.54, 1.807) is 19.1 Å². The Hall–Kier alpha value is -1.59. The first-order valence-corrected chi connectivity index (χ1v) is 6.55. The Morgan fingerprint density at radius 2 is 2.16 bits per heavy atom. The van der Waals surface area contributed by atoms with Crippen molar-refractivity contribution in [3.63, 3.8) is 0 Å². The van der Waals surface area contributed by atoms with E-state index in [0.717, 1.165) is 38.4 Å². The molecule has 1 heterocycles. The minimum atomic E-state index is -0.149. The molecule has 0 aromatic heterocycles. The molecular weight excluding hydrogens is 244 g/mol. The molecule has 1 fully saturated rings. The van der Waals surface area contributed by atoms with E-state index >= 15 is 0 Å². The van der Waals surface area contributed by atoms with E-state index in [9.17, 15) is 9.90 Å². The Labute approximate surface area is 113 Å².